The van der Waals surface area contributed by atoms with Crippen LogP contribution in [-0.2, 0) is 9.53 Å². The van der Waals surface area contributed by atoms with Gasteiger partial charge in [0.2, 0.25) is 0 Å². The standard InChI is InChI=1S/C13H14F2O4/c1-18-12-7-10(15)9(14)6-8(12)11(16)4-3-5-13(17)19-2/h6-7H,3-5H2,1-2H3. The molecule has 0 radical (unpaired) electrons. The van der Waals surface area contributed by atoms with Gasteiger partial charge >= 0.3 is 5.97 Å². The lowest BCUT2D eigenvalue weighted by molar-refractivity contribution is -0.140. The summed E-state index contributed by atoms with van der Waals surface area (Å²) in [6, 6.07) is 1.62. The van der Waals surface area contributed by atoms with Gasteiger partial charge in [-0.2, -0.15) is 0 Å². The zero-order valence-corrected chi connectivity index (χ0v) is 10.7. The Kier molecular flexibility index (Phi) is 5.41. The molecule has 0 saturated heterocycles. The Balaban J connectivity index is 2.76. The van der Waals surface area contributed by atoms with Crippen molar-refractivity contribution in [2.24, 2.45) is 0 Å². The summed E-state index contributed by atoms with van der Waals surface area (Å²) in [5.74, 6) is -3.06. The molecule has 0 heterocycles. The minimum absolute atomic E-state index is 0.0243. The van der Waals surface area contributed by atoms with Crippen LogP contribution in [0.15, 0.2) is 12.1 Å². The highest BCUT2D eigenvalue weighted by molar-refractivity contribution is 5.98. The van der Waals surface area contributed by atoms with E-state index in [1.807, 2.05) is 0 Å². The average Bonchev–Trinajstić information content (AvgIpc) is 2.40. The van der Waals surface area contributed by atoms with Gasteiger partial charge in [-0.25, -0.2) is 8.78 Å². The first-order valence-corrected chi connectivity index (χ1v) is 5.62. The van der Waals surface area contributed by atoms with Crippen molar-refractivity contribution in [3.05, 3.63) is 29.3 Å². The van der Waals surface area contributed by atoms with Crippen LogP contribution in [0.2, 0.25) is 0 Å². The highest BCUT2D eigenvalue weighted by Gasteiger charge is 2.17. The van der Waals surface area contributed by atoms with E-state index in [1.54, 1.807) is 0 Å². The summed E-state index contributed by atoms with van der Waals surface area (Å²) in [6.45, 7) is 0. The summed E-state index contributed by atoms with van der Waals surface area (Å²) in [5, 5.41) is 0. The van der Waals surface area contributed by atoms with Gasteiger partial charge in [-0.1, -0.05) is 0 Å². The van der Waals surface area contributed by atoms with E-state index in [1.165, 1.54) is 14.2 Å². The molecule has 6 heteroatoms. The Bertz CT molecular complexity index is 486. The smallest absolute Gasteiger partial charge is 0.305 e. The third kappa shape index (κ3) is 4.01. The van der Waals surface area contributed by atoms with Crippen molar-refractivity contribution in [1.29, 1.82) is 0 Å². The first-order valence-electron chi connectivity index (χ1n) is 5.62. The lowest BCUT2D eigenvalue weighted by Gasteiger charge is -2.08. The topological polar surface area (TPSA) is 52.6 Å². The zero-order valence-electron chi connectivity index (χ0n) is 10.7. The van der Waals surface area contributed by atoms with Crippen LogP contribution >= 0.6 is 0 Å². The Morgan fingerprint density at radius 1 is 1.11 bits per heavy atom. The third-order valence-corrected chi connectivity index (χ3v) is 2.56. The van der Waals surface area contributed by atoms with Gasteiger partial charge in [-0.3, -0.25) is 9.59 Å². The van der Waals surface area contributed by atoms with Gasteiger partial charge in [0.25, 0.3) is 0 Å². The fraction of sp³-hybridized carbons (Fsp3) is 0.385. The molecule has 0 aliphatic rings. The maximum absolute atomic E-state index is 13.1. The second kappa shape index (κ2) is 6.82. The molecule has 1 aromatic rings. The number of hydrogen-bond donors (Lipinski definition) is 0. The normalized spacial score (nSPS) is 10.1. The molecule has 0 aliphatic heterocycles. The number of Topliss-reactive ketones (excluding diaryl/α,β-unsaturated/α-hetero) is 1. The van der Waals surface area contributed by atoms with Crippen molar-refractivity contribution in [1.82, 2.24) is 0 Å². The summed E-state index contributed by atoms with van der Waals surface area (Å²) >= 11 is 0. The molecule has 0 aromatic heterocycles. The van der Waals surface area contributed by atoms with E-state index >= 15 is 0 Å². The number of carbonyl (C=O) groups is 2. The van der Waals surface area contributed by atoms with Crippen molar-refractivity contribution in [3.63, 3.8) is 0 Å². The molecule has 19 heavy (non-hydrogen) atoms. The molecular formula is C13H14F2O4. The number of ketones is 1. The molecular weight excluding hydrogens is 258 g/mol. The fourth-order valence-corrected chi connectivity index (χ4v) is 1.55. The third-order valence-electron chi connectivity index (χ3n) is 2.56. The SMILES string of the molecule is COC(=O)CCCC(=O)c1cc(F)c(F)cc1OC. The van der Waals surface area contributed by atoms with E-state index in [9.17, 15) is 18.4 Å². The van der Waals surface area contributed by atoms with Crippen molar-refractivity contribution < 1.29 is 27.8 Å². The Labute approximate surface area is 109 Å². The average molecular weight is 272 g/mol. The van der Waals surface area contributed by atoms with Gasteiger partial charge in [0.05, 0.1) is 19.8 Å². The van der Waals surface area contributed by atoms with E-state index < -0.39 is 23.4 Å². The van der Waals surface area contributed by atoms with Gasteiger partial charge in [0.1, 0.15) is 5.75 Å². The van der Waals surface area contributed by atoms with Crippen LogP contribution in [0.5, 0.6) is 5.75 Å². The summed E-state index contributed by atoms with van der Waals surface area (Å²) in [7, 11) is 2.51. The summed E-state index contributed by atoms with van der Waals surface area (Å²) in [6.07, 6.45) is 0.387. The maximum atomic E-state index is 13.1. The van der Waals surface area contributed by atoms with E-state index in [2.05, 4.69) is 4.74 Å². The number of rotatable bonds is 6. The molecule has 0 spiro atoms. The second-order valence-electron chi connectivity index (χ2n) is 3.82. The highest BCUT2D eigenvalue weighted by atomic mass is 19.2. The maximum Gasteiger partial charge on any atom is 0.305 e. The van der Waals surface area contributed by atoms with Crippen LogP contribution in [0.4, 0.5) is 8.78 Å². The Hall–Kier alpha value is -1.98. The van der Waals surface area contributed by atoms with Crippen molar-refractivity contribution in [3.8, 4) is 5.75 Å². The number of ether oxygens (including phenoxy) is 2. The largest absolute Gasteiger partial charge is 0.496 e. The number of halogens is 2. The Morgan fingerprint density at radius 3 is 2.32 bits per heavy atom. The molecule has 0 N–H and O–H groups in total. The van der Waals surface area contributed by atoms with Gasteiger partial charge in [0.15, 0.2) is 17.4 Å². The van der Waals surface area contributed by atoms with Crippen LogP contribution in [0.3, 0.4) is 0 Å². The zero-order chi connectivity index (χ0) is 14.4. The lowest BCUT2D eigenvalue weighted by atomic mass is 10.0. The van der Waals surface area contributed by atoms with E-state index in [0.29, 0.717) is 0 Å². The molecule has 0 unspecified atom stereocenters. The number of carbonyl (C=O) groups excluding carboxylic acids is 2. The van der Waals surface area contributed by atoms with Crippen molar-refractivity contribution in [2.75, 3.05) is 14.2 Å². The van der Waals surface area contributed by atoms with E-state index in [-0.39, 0.29) is 30.6 Å². The first kappa shape index (κ1) is 15.1. The molecule has 0 atom stereocenters. The van der Waals surface area contributed by atoms with Crippen LogP contribution < -0.4 is 4.74 Å². The van der Waals surface area contributed by atoms with Gasteiger partial charge in [-0.15, -0.1) is 0 Å². The monoisotopic (exact) mass is 272 g/mol. The number of hydrogen-bond acceptors (Lipinski definition) is 4. The minimum atomic E-state index is -1.11. The van der Waals surface area contributed by atoms with Gasteiger partial charge in [0, 0.05) is 18.9 Å². The molecule has 104 valence electrons. The number of esters is 1. The van der Waals surface area contributed by atoms with Crippen LogP contribution in [0.25, 0.3) is 0 Å². The van der Waals surface area contributed by atoms with E-state index in [4.69, 9.17) is 4.74 Å². The number of benzene rings is 1. The van der Waals surface area contributed by atoms with Gasteiger partial charge in [-0.05, 0) is 12.5 Å². The Morgan fingerprint density at radius 2 is 1.74 bits per heavy atom. The first-order chi connectivity index (χ1) is 8.99. The fourth-order valence-electron chi connectivity index (χ4n) is 1.55. The quantitative estimate of drug-likeness (QED) is 0.589. The lowest BCUT2D eigenvalue weighted by Crippen LogP contribution is -2.06. The molecule has 0 bridgehead atoms. The van der Waals surface area contributed by atoms with Crippen LogP contribution in [0.1, 0.15) is 29.6 Å². The predicted molar refractivity (Wildman–Crippen MR) is 63.1 cm³/mol. The highest BCUT2D eigenvalue weighted by Crippen LogP contribution is 2.24. The molecule has 0 fully saturated rings. The molecule has 0 aliphatic carbocycles. The van der Waals surface area contributed by atoms with Crippen LogP contribution in [-0.4, -0.2) is 26.0 Å². The summed E-state index contributed by atoms with van der Waals surface area (Å²) in [5.41, 5.74) is -0.0359. The van der Waals surface area contributed by atoms with E-state index in [0.717, 1.165) is 12.1 Å². The molecule has 4 nitrogen and oxygen atoms in total. The van der Waals surface area contributed by atoms with Gasteiger partial charge < -0.3 is 9.47 Å². The predicted octanol–water partition coefficient (Wildman–Crippen LogP) is 2.50. The van der Waals surface area contributed by atoms with Crippen LogP contribution in [0, 0.1) is 11.6 Å². The van der Waals surface area contributed by atoms with Crippen molar-refractivity contribution >= 4 is 11.8 Å². The summed E-state index contributed by atoms with van der Waals surface area (Å²) in [4.78, 5) is 22.7. The molecule has 1 aromatic carbocycles. The summed E-state index contributed by atoms with van der Waals surface area (Å²) < 4.78 is 35.4. The minimum Gasteiger partial charge on any atom is -0.496 e. The molecule has 1 rings (SSSR count). The molecule has 0 saturated carbocycles. The second-order valence-corrected chi connectivity index (χ2v) is 3.82. The van der Waals surface area contributed by atoms with Crippen molar-refractivity contribution in [2.45, 2.75) is 19.3 Å². The molecule has 0 amide bonds. The number of methoxy groups -OCH3 is 2.